The van der Waals surface area contributed by atoms with Gasteiger partial charge < -0.3 is 15.3 Å². The molecule has 3 heteroatoms. The van der Waals surface area contributed by atoms with Gasteiger partial charge in [0, 0.05) is 18.6 Å². The van der Waals surface area contributed by atoms with Crippen molar-refractivity contribution in [2.75, 3.05) is 26.7 Å². The Bertz CT molecular complexity index is 355. The maximum absolute atomic E-state index is 9.51. The van der Waals surface area contributed by atoms with Crippen molar-refractivity contribution in [1.29, 1.82) is 0 Å². The van der Waals surface area contributed by atoms with Crippen LogP contribution < -0.4 is 5.32 Å². The molecule has 1 fully saturated rings. The van der Waals surface area contributed by atoms with Crippen molar-refractivity contribution >= 4 is 0 Å². The molecule has 1 aliphatic heterocycles. The SMILES string of the molecule is CN1CCCCC1CNC(CO)Cc1ccccc1. The minimum absolute atomic E-state index is 0.165. The Morgan fingerprint density at radius 2 is 2.11 bits per heavy atom. The van der Waals surface area contributed by atoms with Crippen molar-refractivity contribution in [2.24, 2.45) is 0 Å². The molecule has 0 radical (unpaired) electrons. The molecule has 2 atom stereocenters. The normalized spacial score (nSPS) is 22.3. The second kappa shape index (κ2) is 7.63. The Hall–Kier alpha value is -0.900. The first-order chi connectivity index (χ1) is 9.29. The van der Waals surface area contributed by atoms with Crippen LogP contribution in [0.2, 0.25) is 0 Å². The molecule has 0 saturated carbocycles. The van der Waals surface area contributed by atoms with E-state index in [4.69, 9.17) is 0 Å². The van der Waals surface area contributed by atoms with E-state index in [2.05, 4.69) is 41.5 Å². The summed E-state index contributed by atoms with van der Waals surface area (Å²) in [5.74, 6) is 0. The first-order valence-corrected chi connectivity index (χ1v) is 7.38. The van der Waals surface area contributed by atoms with E-state index >= 15 is 0 Å². The Morgan fingerprint density at radius 3 is 2.79 bits per heavy atom. The summed E-state index contributed by atoms with van der Waals surface area (Å²) in [6.07, 6.45) is 4.82. The van der Waals surface area contributed by atoms with Crippen LogP contribution in [-0.4, -0.2) is 48.8 Å². The van der Waals surface area contributed by atoms with Crippen LogP contribution in [0.25, 0.3) is 0 Å². The molecule has 0 aliphatic carbocycles. The molecule has 2 N–H and O–H groups in total. The molecule has 1 aromatic carbocycles. The molecule has 0 aromatic heterocycles. The molecule has 2 unspecified atom stereocenters. The van der Waals surface area contributed by atoms with Crippen LogP contribution in [0.5, 0.6) is 0 Å². The van der Waals surface area contributed by atoms with Gasteiger partial charge in [-0.2, -0.15) is 0 Å². The average Bonchev–Trinajstić information content (AvgIpc) is 2.46. The van der Waals surface area contributed by atoms with E-state index in [1.165, 1.54) is 31.4 Å². The van der Waals surface area contributed by atoms with Crippen molar-refractivity contribution < 1.29 is 5.11 Å². The highest BCUT2D eigenvalue weighted by atomic mass is 16.3. The molecule has 19 heavy (non-hydrogen) atoms. The molecule has 1 aromatic rings. The molecule has 1 saturated heterocycles. The van der Waals surface area contributed by atoms with E-state index in [1.807, 2.05) is 6.07 Å². The van der Waals surface area contributed by atoms with Gasteiger partial charge in [-0.3, -0.25) is 0 Å². The number of aliphatic hydroxyl groups is 1. The van der Waals surface area contributed by atoms with Crippen molar-refractivity contribution in [3.05, 3.63) is 35.9 Å². The quantitative estimate of drug-likeness (QED) is 0.818. The fourth-order valence-electron chi connectivity index (χ4n) is 2.80. The number of nitrogens with zero attached hydrogens (tertiary/aromatic N) is 1. The van der Waals surface area contributed by atoms with Gasteiger partial charge in [-0.25, -0.2) is 0 Å². The van der Waals surface area contributed by atoms with Gasteiger partial charge in [-0.15, -0.1) is 0 Å². The highest BCUT2D eigenvalue weighted by Crippen LogP contribution is 2.14. The molecule has 2 rings (SSSR count). The van der Waals surface area contributed by atoms with Gasteiger partial charge >= 0.3 is 0 Å². The summed E-state index contributed by atoms with van der Waals surface area (Å²) in [6.45, 7) is 2.38. The molecule has 106 valence electrons. The van der Waals surface area contributed by atoms with Gasteiger partial charge in [0.1, 0.15) is 0 Å². The van der Waals surface area contributed by atoms with Gasteiger partial charge in [0.2, 0.25) is 0 Å². The third-order valence-corrected chi connectivity index (χ3v) is 4.11. The molecular weight excluding hydrogens is 236 g/mol. The Kier molecular flexibility index (Phi) is 5.83. The number of likely N-dealkylation sites (N-methyl/N-ethyl adjacent to an activating group) is 1. The number of benzene rings is 1. The van der Waals surface area contributed by atoms with Crippen molar-refractivity contribution in [3.63, 3.8) is 0 Å². The first-order valence-electron chi connectivity index (χ1n) is 7.38. The number of aliphatic hydroxyl groups excluding tert-OH is 1. The highest BCUT2D eigenvalue weighted by Gasteiger charge is 2.19. The van der Waals surface area contributed by atoms with Crippen LogP contribution in [0.1, 0.15) is 24.8 Å². The number of hydrogen-bond acceptors (Lipinski definition) is 3. The second-order valence-electron chi connectivity index (χ2n) is 5.61. The van der Waals surface area contributed by atoms with Gasteiger partial charge in [-0.1, -0.05) is 36.8 Å². The topological polar surface area (TPSA) is 35.5 Å². The lowest BCUT2D eigenvalue weighted by Gasteiger charge is -2.33. The standard InChI is InChI=1S/C16H26N2O/c1-18-10-6-5-9-16(18)12-17-15(13-19)11-14-7-3-2-4-8-14/h2-4,7-8,15-17,19H,5-6,9-13H2,1H3. The Morgan fingerprint density at radius 1 is 1.32 bits per heavy atom. The van der Waals surface area contributed by atoms with E-state index in [0.717, 1.165) is 13.0 Å². The van der Waals surface area contributed by atoms with Crippen LogP contribution in [0.4, 0.5) is 0 Å². The zero-order chi connectivity index (χ0) is 13.5. The fourth-order valence-corrected chi connectivity index (χ4v) is 2.80. The van der Waals surface area contributed by atoms with E-state index in [0.29, 0.717) is 6.04 Å². The minimum atomic E-state index is 0.165. The zero-order valence-corrected chi connectivity index (χ0v) is 11.9. The van der Waals surface area contributed by atoms with Crippen LogP contribution in [0.3, 0.4) is 0 Å². The molecule has 1 heterocycles. The van der Waals surface area contributed by atoms with Crippen LogP contribution in [0, 0.1) is 0 Å². The summed E-state index contributed by atoms with van der Waals surface area (Å²) in [7, 11) is 2.21. The molecule has 3 nitrogen and oxygen atoms in total. The summed E-state index contributed by atoms with van der Waals surface area (Å²) in [6, 6.07) is 11.2. The number of rotatable bonds is 6. The third-order valence-electron chi connectivity index (χ3n) is 4.11. The third kappa shape index (κ3) is 4.60. The van der Waals surface area contributed by atoms with E-state index in [-0.39, 0.29) is 12.6 Å². The van der Waals surface area contributed by atoms with E-state index in [1.54, 1.807) is 0 Å². The molecule has 1 aliphatic rings. The Balaban J connectivity index is 1.79. The summed E-state index contributed by atoms with van der Waals surface area (Å²) in [5, 5.41) is 13.0. The predicted octanol–water partition coefficient (Wildman–Crippen LogP) is 1.66. The monoisotopic (exact) mass is 262 g/mol. The first kappa shape index (κ1) is 14.5. The summed E-state index contributed by atoms with van der Waals surface area (Å²) < 4.78 is 0. The maximum Gasteiger partial charge on any atom is 0.0587 e. The molecule has 0 bridgehead atoms. The van der Waals surface area contributed by atoms with Gasteiger partial charge in [0.05, 0.1) is 6.61 Å². The molecular formula is C16H26N2O. The number of likely N-dealkylation sites (tertiary alicyclic amines) is 1. The van der Waals surface area contributed by atoms with Crippen molar-refractivity contribution in [2.45, 2.75) is 37.8 Å². The summed E-state index contributed by atoms with van der Waals surface area (Å²) >= 11 is 0. The van der Waals surface area contributed by atoms with Gasteiger partial charge in [0.15, 0.2) is 0 Å². The van der Waals surface area contributed by atoms with Crippen molar-refractivity contribution in [3.8, 4) is 0 Å². The maximum atomic E-state index is 9.51. The molecule has 0 spiro atoms. The highest BCUT2D eigenvalue weighted by molar-refractivity contribution is 5.15. The number of hydrogen-bond donors (Lipinski definition) is 2. The average molecular weight is 262 g/mol. The lowest BCUT2D eigenvalue weighted by atomic mass is 10.0. The summed E-state index contributed by atoms with van der Waals surface area (Å²) in [4.78, 5) is 2.44. The predicted molar refractivity (Wildman–Crippen MR) is 79.3 cm³/mol. The van der Waals surface area contributed by atoms with Crippen LogP contribution in [0.15, 0.2) is 30.3 Å². The van der Waals surface area contributed by atoms with E-state index < -0.39 is 0 Å². The molecule has 0 amide bonds. The largest absolute Gasteiger partial charge is 0.395 e. The minimum Gasteiger partial charge on any atom is -0.395 e. The lowest BCUT2D eigenvalue weighted by molar-refractivity contribution is 0.167. The van der Waals surface area contributed by atoms with Crippen molar-refractivity contribution in [1.82, 2.24) is 10.2 Å². The van der Waals surface area contributed by atoms with E-state index in [9.17, 15) is 5.11 Å². The van der Waals surface area contributed by atoms with Gasteiger partial charge in [0.25, 0.3) is 0 Å². The van der Waals surface area contributed by atoms with Crippen LogP contribution in [-0.2, 0) is 6.42 Å². The number of piperidine rings is 1. The zero-order valence-electron chi connectivity index (χ0n) is 11.9. The van der Waals surface area contributed by atoms with Gasteiger partial charge in [-0.05, 0) is 38.4 Å². The van der Waals surface area contributed by atoms with Crippen LogP contribution >= 0.6 is 0 Å². The number of nitrogens with one attached hydrogen (secondary N) is 1. The fraction of sp³-hybridized carbons (Fsp3) is 0.625. The summed E-state index contributed by atoms with van der Waals surface area (Å²) in [5.41, 5.74) is 1.28. The second-order valence-corrected chi connectivity index (χ2v) is 5.61. The Labute approximate surface area is 116 Å². The lowest BCUT2D eigenvalue weighted by Crippen LogP contribution is -2.47. The smallest absolute Gasteiger partial charge is 0.0587 e.